The average Bonchev–Trinajstić information content (AvgIpc) is 2.59. The summed E-state index contributed by atoms with van der Waals surface area (Å²) >= 11 is 0. The van der Waals surface area contributed by atoms with Crippen molar-refractivity contribution in [3.05, 3.63) is 48.0 Å². The molecule has 2 rings (SSSR count). The number of methoxy groups -OCH3 is 1. The number of phenols is 1. The Hall–Kier alpha value is -2.74. The Balaban J connectivity index is 1.91. The highest BCUT2D eigenvalue weighted by Crippen LogP contribution is 2.23. The third-order valence-corrected chi connectivity index (χ3v) is 5.26. The molecule has 0 amide bonds. The zero-order valence-electron chi connectivity index (χ0n) is 13.5. The molecule has 0 fully saturated rings. The topological polar surface area (TPSA) is 110 Å². The second-order valence-electron chi connectivity index (χ2n) is 5.18. The molecule has 0 aromatic heterocycles. The van der Waals surface area contributed by atoms with E-state index in [0.717, 1.165) is 0 Å². The van der Waals surface area contributed by atoms with E-state index in [2.05, 4.69) is 0 Å². The fraction of sp³-hybridized carbons (Fsp3) is 0.235. The molecule has 0 aliphatic heterocycles. The number of hydrogen-bond acceptors (Lipinski definition) is 6. The van der Waals surface area contributed by atoms with Gasteiger partial charge in [-0.15, -0.1) is 0 Å². The van der Waals surface area contributed by atoms with E-state index in [1.165, 1.54) is 37.4 Å². The highest BCUT2D eigenvalue weighted by Gasteiger charge is 2.15. The van der Waals surface area contributed by atoms with Crippen LogP contribution in [0.5, 0.6) is 17.2 Å². The molecule has 0 saturated carbocycles. The van der Waals surface area contributed by atoms with Crippen molar-refractivity contribution < 1.29 is 32.9 Å². The van der Waals surface area contributed by atoms with Gasteiger partial charge >= 0.3 is 5.97 Å². The van der Waals surface area contributed by atoms with Gasteiger partial charge in [0.2, 0.25) is 0 Å². The van der Waals surface area contributed by atoms with Gasteiger partial charge in [0.25, 0.3) is 0 Å². The molecular weight excluding hydrogens is 348 g/mol. The molecule has 134 valence electrons. The van der Waals surface area contributed by atoms with E-state index >= 15 is 0 Å². The van der Waals surface area contributed by atoms with Crippen molar-refractivity contribution in [3.63, 3.8) is 0 Å². The van der Waals surface area contributed by atoms with E-state index in [0.29, 0.717) is 5.75 Å². The Kier molecular flexibility index (Phi) is 5.87. The molecule has 0 bridgehead atoms. The van der Waals surface area contributed by atoms with Gasteiger partial charge in [0.1, 0.15) is 22.8 Å². The molecule has 25 heavy (non-hydrogen) atoms. The highest BCUT2D eigenvalue weighted by molar-refractivity contribution is 7.91. The van der Waals surface area contributed by atoms with Gasteiger partial charge in [-0.05, 0) is 48.9 Å². The van der Waals surface area contributed by atoms with Gasteiger partial charge in [-0.1, -0.05) is 0 Å². The largest absolute Gasteiger partial charge is 0.507 e. The van der Waals surface area contributed by atoms with E-state index in [9.17, 15) is 18.3 Å². The lowest BCUT2D eigenvalue weighted by molar-refractivity contribution is 0.0693. The van der Waals surface area contributed by atoms with Crippen LogP contribution in [0.25, 0.3) is 0 Å². The molecule has 7 nitrogen and oxygen atoms in total. The molecule has 2 N–H and O–H groups in total. The minimum absolute atomic E-state index is 0.0964. The minimum atomic E-state index is -3.44. The number of carbonyl (C=O) groups is 1. The lowest BCUT2D eigenvalue weighted by Crippen LogP contribution is -2.10. The second kappa shape index (κ2) is 7.89. The standard InChI is InChI=1S/C17H18O7S/c1-23-12-3-6-14(7-4-12)25(21,22)10-2-9-24-13-5-8-16(18)15(11-13)17(19)20/h3-8,11,18H,2,9-10H2,1H3,(H,19,20). The van der Waals surface area contributed by atoms with Crippen molar-refractivity contribution in [2.24, 2.45) is 0 Å². The second-order valence-corrected chi connectivity index (χ2v) is 7.29. The van der Waals surface area contributed by atoms with Crippen LogP contribution in [0.15, 0.2) is 47.4 Å². The quantitative estimate of drug-likeness (QED) is 0.690. The average molecular weight is 366 g/mol. The molecule has 0 saturated heterocycles. The van der Waals surface area contributed by atoms with Crippen LogP contribution in [0.3, 0.4) is 0 Å². The summed E-state index contributed by atoms with van der Waals surface area (Å²) < 4.78 is 34.8. The summed E-state index contributed by atoms with van der Waals surface area (Å²) in [4.78, 5) is 11.1. The number of carboxylic acid groups (broad SMARTS) is 1. The Morgan fingerprint density at radius 3 is 2.32 bits per heavy atom. The third kappa shape index (κ3) is 4.87. The van der Waals surface area contributed by atoms with Gasteiger partial charge < -0.3 is 19.7 Å². The molecule has 8 heteroatoms. The molecular formula is C17H18O7S. The van der Waals surface area contributed by atoms with Crippen LogP contribution in [-0.2, 0) is 9.84 Å². The van der Waals surface area contributed by atoms with Gasteiger partial charge in [0.05, 0.1) is 24.4 Å². The summed E-state index contributed by atoms with van der Waals surface area (Å²) in [6.07, 6.45) is 0.234. The monoisotopic (exact) mass is 366 g/mol. The van der Waals surface area contributed by atoms with E-state index in [4.69, 9.17) is 14.6 Å². The number of aromatic hydroxyl groups is 1. The first kappa shape index (κ1) is 18.6. The normalized spacial score (nSPS) is 11.1. The van der Waals surface area contributed by atoms with Crippen molar-refractivity contribution in [1.29, 1.82) is 0 Å². The number of sulfone groups is 1. The van der Waals surface area contributed by atoms with Gasteiger partial charge in [-0.25, -0.2) is 13.2 Å². The van der Waals surface area contributed by atoms with Crippen molar-refractivity contribution in [2.75, 3.05) is 19.5 Å². The van der Waals surface area contributed by atoms with E-state index in [1.54, 1.807) is 12.1 Å². The number of rotatable bonds is 8. The van der Waals surface area contributed by atoms with Crippen LogP contribution in [0.4, 0.5) is 0 Å². The number of carboxylic acids is 1. The lowest BCUT2D eigenvalue weighted by atomic mass is 10.2. The maximum absolute atomic E-state index is 12.2. The van der Waals surface area contributed by atoms with Crippen LogP contribution in [0, 0.1) is 0 Å². The number of ether oxygens (including phenoxy) is 2. The summed E-state index contributed by atoms with van der Waals surface area (Å²) in [5.41, 5.74) is -0.275. The Morgan fingerprint density at radius 2 is 1.72 bits per heavy atom. The van der Waals surface area contributed by atoms with E-state index in [-0.39, 0.29) is 40.7 Å². The Bertz CT molecular complexity index is 842. The van der Waals surface area contributed by atoms with Crippen LogP contribution in [0.1, 0.15) is 16.8 Å². The zero-order chi connectivity index (χ0) is 18.4. The van der Waals surface area contributed by atoms with Crippen LogP contribution >= 0.6 is 0 Å². The molecule has 0 heterocycles. The summed E-state index contributed by atoms with van der Waals surface area (Å²) in [6, 6.07) is 9.94. The first-order valence-electron chi connectivity index (χ1n) is 7.39. The predicted octanol–water partition coefficient (Wildman–Crippen LogP) is 2.34. The molecule has 2 aromatic carbocycles. The Morgan fingerprint density at radius 1 is 1.08 bits per heavy atom. The maximum atomic E-state index is 12.2. The van der Waals surface area contributed by atoms with Gasteiger partial charge in [0, 0.05) is 0 Å². The van der Waals surface area contributed by atoms with Crippen molar-refractivity contribution in [2.45, 2.75) is 11.3 Å². The summed E-state index contributed by atoms with van der Waals surface area (Å²) in [7, 11) is -1.94. The maximum Gasteiger partial charge on any atom is 0.339 e. The number of aromatic carboxylic acids is 1. The first-order valence-corrected chi connectivity index (χ1v) is 9.04. The third-order valence-electron chi connectivity index (χ3n) is 3.44. The molecule has 0 atom stereocenters. The molecule has 0 aliphatic carbocycles. The van der Waals surface area contributed by atoms with Crippen molar-refractivity contribution in [3.8, 4) is 17.2 Å². The van der Waals surface area contributed by atoms with Crippen LogP contribution < -0.4 is 9.47 Å². The van der Waals surface area contributed by atoms with Gasteiger partial charge in [-0.3, -0.25) is 0 Å². The fourth-order valence-electron chi connectivity index (χ4n) is 2.12. The minimum Gasteiger partial charge on any atom is -0.507 e. The zero-order valence-corrected chi connectivity index (χ0v) is 14.3. The van der Waals surface area contributed by atoms with Crippen molar-refractivity contribution >= 4 is 15.8 Å². The van der Waals surface area contributed by atoms with Gasteiger partial charge in [0.15, 0.2) is 9.84 Å². The predicted molar refractivity (Wildman–Crippen MR) is 90.2 cm³/mol. The summed E-state index contributed by atoms with van der Waals surface area (Å²) in [5, 5.41) is 18.4. The lowest BCUT2D eigenvalue weighted by Gasteiger charge is -2.09. The molecule has 2 aromatic rings. The highest BCUT2D eigenvalue weighted by atomic mass is 32.2. The molecule has 0 spiro atoms. The number of hydrogen-bond donors (Lipinski definition) is 2. The molecule has 0 radical (unpaired) electrons. The first-order chi connectivity index (χ1) is 11.8. The van der Waals surface area contributed by atoms with Gasteiger partial charge in [-0.2, -0.15) is 0 Å². The molecule has 0 aliphatic rings. The fourth-order valence-corrected chi connectivity index (χ4v) is 3.40. The van der Waals surface area contributed by atoms with E-state index in [1.807, 2.05) is 0 Å². The van der Waals surface area contributed by atoms with Crippen LogP contribution in [0.2, 0.25) is 0 Å². The van der Waals surface area contributed by atoms with Crippen molar-refractivity contribution in [1.82, 2.24) is 0 Å². The SMILES string of the molecule is COc1ccc(S(=O)(=O)CCCOc2ccc(O)c(C(=O)O)c2)cc1. The Labute approximate surface area is 145 Å². The summed E-state index contributed by atoms with van der Waals surface area (Å²) in [6.45, 7) is 0.0964. The van der Waals surface area contributed by atoms with E-state index < -0.39 is 15.8 Å². The summed E-state index contributed by atoms with van der Waals surface area (Å²) in [5.74, 6) is -0.920. The molecule has 0 unspecified atom stereocenters. The van der Waals surface area contributed by atoms with Crippen LogP contribution in [-0.4, -0.2) is 44.1 Å². The smallest absolute Gasteiger partial charge is 0.339 e. The number of benzene rings is 2.